The molecule has 1 saturated heterocycles. The second-order valence-electron chi connectivity index (χ2n) is 5.32. The van der Waals surface area contributed by atoms with Gasteiger partial charge in [0.25, 0.3) is 0 Å². The summed E-state index contributed by atoms with van der Waals surface area (Å²) in [4.78, 5) is 6.75. The standard InChI is InChI=1S/C15H23ClN4.2ClH/c1-20-10-2-3-14(20)8-9-18-15(17)19-11-12-4-6-13(16)7-5-12;;/h4-7,14H,2-3,8-11H2,1H3,(H3,17,18,19);2*1H. The Morgan fingerprint density at radius 1 is 1.36 bits per heavy atom. The highest BCUT2D eigenvalue weighted by atomic mass is 35.5. The van der Waals surface area contributed by atoms with Gasteiger partial charge in [0.15, 0.2) is 5.96 Å². The van der Waals surface area contributed by atoms with Crippen molar-refractivity contribution in [2.24, 2.45) is 10.7 Å². The van der Waals surface area contributed by atoms with Gasteiger partial charge in [-0.15, -0.1) is 24.8 Å². The highest BCUT2D eigenvalue weighted by Gasteiger charge is 2.19. The smallest absolute Gasteiger partial charge is 0.188 e. The van der Waals surface area contributed by atoms with Gasteiger partial charge in [-0.2, -0.15) is 0 Å². The second-order valence-corrected chi connectivity index (χ2v) is 5.76. The van der Waals surface area contributed by atoms with Crippen molar-refractivity contribution in [1.29, 1.82) is 0 Å². The number of guanidine groups is 1. The van der Waals surface area contributed by atoms with Gasteiger partial charge in [0.1, 0.15) is 0 Å². The van der Waals surface area contributed by atoms with E-state index in [-0.39, 0.29) is 24.8 Å². The summed E-state index contributed by atoms with van der Waals surface area (Å²) in [5.41, 5.74) is 6.98. The van der Waals surface area contributed by atoms with Crippen molar-refractivity contribution in [3.05, 3.63) is 34.9 Å². The van der Waals surface area contributed by atoms with E-state index in [2.05, 4.69) is 22.3 Å². The topological polar surface area (TPSA) is 53.6 Å². The average Bonchev–Trinajstić information content (AvgIpc) is 2.84. The van der Waals surface area contributed by atoms with Gasteiger partial charge in [0.05, 0.1) is 6.54 Å². The molecule has 0 bridgehead atoms. The predicted octanol–water partition coefficient (Wildman–Crippen LogP) is 3.07. The Balaban J connectivity index is 0.00000220. The third-order valence-electron chi connectivity index (χ3n) is 3.80. The van der Waals surface area contributed by atoms with Crippen LogP contribution in [0.2, 0.25) is 5.02 Å². The molecule has 22 heavy (non-hydrogen) atoms. The summed E-state index contributed by atoms with van der Waals surface area (Å²) in [7, 11) is 2.19. The Labute approximate surface area is 150 Å². The minimum Gasteiger partial charge on any atom is -0.370 e. The zero-order chi connectivity index (χ0) is 14.4. The Hall–Kier alpha value is -0.680. The van der Waals surface area contributed by atoms with E-state index in [1.165, 1.54) is 19.4 Å². The average molecular weight is 368 g/mol. The monoisotopic (exact) mass is 366 g/mol. The van der Waals surface area contributed by atoms with E-state index in [4.69, 9.17) is 17.3 Å². The summed E-state index contributed by atoms with van der Waals surface area (Å²) < 4.78 is 0. The maximum atomic E-state index is 5.87. The number of benzene rings is 1. The number of hydrogen-bond acceptors (Lipinski definition) is 2. The largest absolute Gasteiger partial charge is 0.370 e. The van der Waals surface area contributed by atoms with Gasteiger partial charge in [-0.3, -0.25) is 0 Å². The number of rotatable bonds is 5. The molecule has 1 aliphatic heterocycles. The summed E-state index contributed by atoms with van der Waals surface area (Å²) in [6.45, 7) is 2.68. The Morgan fingerprint density at radius 3 is 2.64 bits per heavy atom. The van der Waals surface area contributed by atoms with Crippen LogP contribution >= 0.6 is 36.4 Å². The van der Waals surface area contributed by atoms with Crippen LogP contribution in [0.25, 0.3) is 0 Å². The van der Waals surface area contributed by atoms with Crippen molar-refractivity contribution in [3.8, 4) is 0 Å². The molecule has 1 fully saturated rings. The number of nitrogens with one attached hydrogen (secondary N) is 1. The fourth-order valence-electron chi connectivity index (χ4n) is 2.53. The molecule has 0 aliphatic carbocycles. The first kappa shape index (κ1) is 21.3. The Kier molecular flexibility index (Phi) is 10.6. The van der Waals surface area contributed by atoms with Crippen LogP contribution in [0, 0.1) is 0 Å². The predicted molar refractivity (Wildman–Crippen MR) is 99.5 cm³/mol. The van der Waals surface area contributed by atoms with E-state index < -0.39 is 0 Å². The van der Waals surface area contributed by atoms with E-state index in [9.17, 15) is 0 Å². The molecule has 1 aliphatic rings. The van der Waals surface area contributed by atoms with Crippen molar-refractivity contribution >= 4 is 42.4 Å². The number of likely N-dealkylation sites (tertiary alicyclic amines) is 1. The molecule has 1 atom stereocenters. The maximum absolute atomic E-state index is 5.87. The number of nitrogens with zero attached hydrogens (tertiary/aromatic N) is 2. The first-order valence-corrected chi connectivity index (χ1v) is 7.51. The van der Waals surface area contributed by atoms with E-state index in [0.29, 0.717) is 18.5 Å². The molecule has 4 nitrogen and oxygen atoms in total. The van der Waals surface area contributed by atoms with E-state index >= 15 is 0 Å². The SMILES string of the molecule is CN1CCCC1CCNC(N)=NCc1ccc(Cl)cc1.Cl.Cl. The fourth-order valence-corrected chi connectivity index (χ4v) is 2.66. The highest BCUT2D eigenvalue weighted by Crippen LogP contribution is 2.16. The van der Waals surface area contributed by atoms with Crippen LogP contribution in [-0.4, -0.2) is 37.0 Å². The minimum atomic E-state index is 0. The van der Waals surface area contributed by atoms with Gasteiger partial charge >= 0.3 is 0 Å². The van der Waals surface area contributed by atoms with Gasteiger partial charge < -0.3 is 16.0 Å². The van der Waals surface area contributed by atoms with Crippen molar-refractivity contribution in [1.82, 2.24) is 10.2 Å². The molecule has 0 radical (unpaired) electrons. The summed E-state index contributed by atoms with van der Waals surface area (Å²) in [5.74, 6) is 0.514. The van der Waals surface area contributed by atoms with Gasteiger partial charge in [-0.05, 0) is 50.6 Å². The fraction of sp³-hybridized carbons (Fsp3) is 0.533. The molecule has 0 amide bonds. The normalized spacial score (nSPS) is 18.5. The molecule has 1 heterocycles. The molecule has 2 rings (SSSR count). The molecule has 1 aromatic carbocycles. The highest BCUT2D eigenvalue weighted by molar-refractivity contribution is 6.30. The van der Waals surface area contributed by atoms with E-state index in [1.807, 2.05) is 24.3 Å². The van der Waals surface area contributed by atoms with Crippen molar-refractivity contribution in [2.45, 2.75) is 31.8 Å². The Bertz CT molecular complexity index is 451. The lowest BCUT2D eigenvalue weighted by Crippen LogP contribution is -2.35. The minimum absolute atomic E-state index is 0. The molecule has 1 aromatic rings. The third-order valence-corrected chi connectivity index (χ3v) is 4.05. The number of nitrogens with two attached hydrogens (primary N) is 1. The molecule has 1 unspecified atom stereocenters. The number of aliphatic imine (C=N–C) groups is 1. The molecule has 126 valence electrons. The first-order chi connectivity index (χ1) is 9.65. The molecular weight excluding hydrogens is 343 g/mol. The lowest BCUT2D eigenvalue weighted by Gasteiger charge is -2.19. The lowest BCUT2D eigenvalue weighted by molar-refractivity contribution is 0.297. The molecule has 0 aromatic heterocycles. The zero-order valence-corrected chi connectivity index (χ0v) is 15.2. The second kappa shape index (κ2) is 10.9. The zero-order valence-electron chi connectivity index (χ0n) is 12.8. The summed E-state index contributed by atoms with van der Waals surface area (Å²) in [6, 6.07) is 8.35. The van der Waals surface area contributed by atoms with Crippen LogP contribution in [0.3, 0.4) is 0 Å². The quantitative estimate of drug-likeness (QED) is 0.621. The first-order valence-electron chi connectivity index (χ1n) is 7.13. The van der Waals surface area contributed by atoms with Gasteiger partial charge in [0.2, 0.25) is 0 Å². The van der Waals surface area contributed by atoms with Crippen LogP contribution in [-0.2, 0) is 6.54 Å². The van der Waals surface area contributed by atoms with E-state index in [1.54, 1.807) is 0 Å². The van der Waals surface area contributed by atoms with Gasteiger partial charge in [0, 0.05) is 17.6 Å². The van der Waals surface area contributed by atoms with Crippen LogP contribution in [0.4, 0.5) is 0 Å². The van der Waals surface area contributed by atoms with Crippen LogP contribution < -0.4 is 11.1 Å². The number of hydrogen-bond donors (Lipinski definition) is 2. The van der Waals surface area contributed by atoms with Crippen LogP contribution in [0.15, 0.2) is 29.3 Å². The van der Waals surface area contributed by atoms with Crippen molar-refractivity contribution < 1.29 is 0 Å². The van der Waals surface area contributed by atoms with Crippen molar-refractivity contribution in [2.75, 3.05) is 20.1 Å². The van der Waals surface area contributed by atoms with Crippen LogP contribution in [0.1, 0.15) is 24.8 Å². The Morgan fingerprint density at radius 2 is 2.05 bits per heavy atom. The van der Waals surface area contributed by atoms with E-state index in [0.717, 1.165) is 23.6 Å². The van der Waals surface area contributed by atoms with Crippen LogP contribution in [0.5, 0.6) is 0 Å². The lowest BCUT2D eigenvalue weighted by atomic mass is 10.1. The molecule has 0 spiro atoms. The summed E-state index contributed by atoms with van der Waals surface area (Å²) in [6.07, 6.45) is 3.72. The van der Waals surface area contributed by atoms with Gasteiger partial charge in [-0.25, -0.2) is 4.99 Å². The molecule has 7 heteroatoms. The summed E-state index contributed by atoms with van der Waals surface area (Å²) >= 11 is 5.84. The molecular formula is C15H25Cl3N4. The summed E-state index contributed by atoms with van der Waals surface area (Å²) in [5, 5.41) is 3.93. The van der Waals surface area contributed by atoms with Crippen molar-refractivity contribution in [3.63, 3.8) is 0 Å². The molecule has 3 N–H and O–H groups in total. The third kappa shape index (κ3) is 7.05. The number of halogens is 3. The van der Waals surface area contributed by atoms with Gasteiger partial charge in [-0.1, -0.05) is 23.7 Å². The maximum Gasteiger partial charge on any atom is 0.188 e. The molecule has 0 saturated carbocycles.